The second-order valence-electron chi connectivity index (χ2n) is 4.32. The zero-order valence-electron chi connectivity index (χ0n) is 11.8. The minimum absolute atomic E-state index is 0.0187. The Kier molecular flexibility index (Phi) is 7.32. The van der Waals surface area contributed by atoms with Crippen molar-refractivity contribution < 1.29 is 19.1 Å². The summed E-state index contributed by atoms with van der Waals surface area (Å²) in [5.74, 6) is -1.24. The number of hydrogen-bond donors (Lipinski definition) is 1. The van der Waals surface area contributed by atoms with Gasteiger partial charge in [-0.15, -0.1) is 11.6 Å². The standard InChI is InChI=1S/C14H17Cl2NO4/c1-9-4-3-5-11(16)13(9)17-10(2)14(19)21-7-6-20-12(18)8-15/h3-5,10,17H,6-8H2,1-2H3/t10-/m0/s1. The van der Waals surface area contributed by atoms with Crippen molar-refractivity contribution in [1.29, 1.82) is 0 Å². The van der Waals surface area contributed by atoms with Gasteiger partial charge in [-0.05, 0) is 25.5 Å². The SMILES string of the molecule is Cc1cccc(Cl)c1N[C@@H](C)C(=O)OCCOC(=O)CCl. The molecular formula is C14H17Cl2NO4. The average Bonchev–Trinajstić information content (AvgIpc) is 2.46. The first-order valence-electron chi connectivity index (χ1n) is 6.35. The third-order valence-corrected chi connectivity index (χ3v) is 3.17. The normalized spacial score (nSPS) is 11.6. The first kappa shape index (κ1) is 17.6. The molecule has 116 valence electrons. The summed E-state index contributed by atoms with van der Waals surface area (Å²) >= 11 is 11.3. The summed E-state index contributed by atoms with van der Waals surface area (Å²) in [4.78, 5) is 22.6. The second kappa shape index (κ2) is 8.74. The lowest BCUT2D eigenvalue weighted by Crippen LogP contribution is -2.29. The first-order chi connectivity index (χ1) is 9.95. The van der Waals surface area contributed by atoms with Gasteiger partial charge in [-0.25, -0.2) is 4.79 Å². The topological polar surface area (TPSA) is 64.6 Å². The third kappa shape index (κ3) is 5.81. The van der Waals surface area contributed by atoms with Crippen molar-refractivity contribution >= 4 is 40.8 Å². The number of anilines is 1. The molecule has 0 radical (unpaired) electrons. The molecule has 0 bridgehead atoms. The molecule has 21 heavy (non-hydrogen) atoms. The Balaban J connectivity index is 2.43. The lowest BCUT2D eigenvalue weighted by Gasteiger charge is -2.17. The van der Waals surface area contributed by atoms with Crippen LogP contribution in [0.15, 0.2) is 18.2 Å². The molecule has 0 fully saturated rings. The van der Waals surface area contributed by atoms with Crippen LogP contribution in [0.3, 0.4) is 0 Å². The Hall–Kier alpha value is -1.46. The highest BCUT2D eigenvalue weighted by Crippen LogP contribution is 2.25. The minimum atomic E-state index is -0.577. The molecule has 1 aromatic rings. The van der Waals surface area contributed by atoms with Gasteiger partial charge in [0.05, 0.1) is 10.7 Å². The van der Waals surface area contributed by atoms with E-state index in [0.29, 0.717) is 10.7 Å². The fourth-order valence-electron chi connectivity index (χ4n) is 1.55. The van der Waals surface area contributed by atoms with E-state index in [4.69, 9.17) is 27.9 Å². The van der Waals surface area contributed by atoms with Crippen LogP contribution in [0.2, 0.25) is 5.02 Å². The Labute approximate surface area is 133 Å². The Morgan fingerprint density at radius 3 is 2.57 bits per heavy atom. The van der Waals surface area contributed by atoms with E-state index in [1.165, 1.54) is 0 Å². The van der Waals surface area contributed by atoms with Gasteiger partial charge in [-0.3, -0.25) is 4.79 Å². The van der Waals surface area contributed by atoms with Gasteiger partial charge in [0.2, 0.25) is 0 Å². The van der Waals surface area contributed by atoms with Gasteiger partial charge < -0.3 is 14.8 Å². The molecule has 5 nitrogen and oxygen atoms in total. The summed E-state index contributed by atoms with van der Waals surface area (Å²) in [6, 6.07) is 4.88. The van der Waals surface area contributed by atoms with Gasteiger partial charge in [-0.1, -0.05) is 23.7 Å². The molecule has 0 aliphatic rings. The van der Waals surface area contributed by atoms with Gasteiger partial charge in [0.15, 0.2) is 0 Å². The largest absolute Gasteiger partial charge is 0.461 e. The fourth-order valence-corrected chi connectivity index (χ4v) is 1.90. The van der Waals surface area contributed by atoms with E-state index in [1.807, 2.05) is 19.1 Å². The number of hydrogen-bond acceptors (Lipinski definition) is 5. The van der Waals surface area contributed by atoms with E-state index in [0.717, 1.165) is 5.56 Å². The number of halogens is 2. The van der Waals surface area contributed by atoms with Crippen LogP contribution in [-0.4, -0.2) is 37.1 Å². The quantitative estimate of drug-likeness (QED) is 0.472. The molecule has 1 atom stereocenters. The average molecular weight is 334 g/mol. The molecule has 0 aliphatic carbocycles. The molecule has 1 rings (SSSR count). The molecular weight excluding hydrogens is 317 g/mol. The van der Waals surface area contributed by atoms with Gasteiger partial charge in [-0.2, -0.15) is 0 Å². The Bertz CT molecular complexity index is 487. The zero-order chi connectivity index (χ0) is 15.8. The number of rotatable bonds is 7. The molecule has 0 amide bonds. The van der Waals surface area contributed by atoms with Crippen LogP contribution in [0, 0.1) is 6.92 Å². The summed E-state index contributed by atoms with van der Waals surface area (Å²) in [5.41, 5.74) is 1.62. The van der Waals surface area contributed by atoms with E-state index in [1.54, 1.807) is 13.0 Å². The number of aryl methyl sites for hydroxylation is 1. The molecule has 7 heteroatoms. The molecule has 0 aromatic heterocycles. The number of nitrogens with one attached hydrogen (secondary N) is 1. The van der Waals surface area contributed by atoms with E-state index in [9.17, 15) is 9.59 Å². The van der Waals surface area contributed by atoms with Crippen LogP contribution < -0.4 is 5.32 Å². The molecule has 0 unspecified atom stereocenters. The Morgan fingerprint density at radius 2 is 1.95 bits per heavy atom. The molecule has 0 saturated heterocycles. The predicted octanol–water partition coefficient (Wildman–Crippen LogP) is 2.77. The molecule has 0 aliphatic heterocycles. The number of ether oxygens (including phenoxy) is 2. The summed E-state index contributed by atoms with van der Waals surface area (Å²) in [6.07, 6.45) is 0. The zero-order valence-corrected chi connectivity index (χ0v) is 13.3. The van der Waals surface area contributed by atoms with Crippen LogP contribution in [0.4, 0.5) is 5.69 Å². The first-order valence-corrected chi connectivity index (χ1v) is 7.26. The van der Waals surface area contributed by atoms with Gasteiger partial charge in [0, 0.05) is 0 Å². The molecule has 0 heterocycles. The summed E-state index contributed by atoms with van der Waals surface area (Å²) in [5, 5.41) is 3.54. The van der Waals surface area contributed by atoms with Crippen molar-refractivity contribution in [2.24, 2.45) is 0 Å². The third-order valence-electron chi connectivity index (χ3n) is 2.64. The van der Waals surface area contributed by atoms with Crippen molar-refractivity contribution in [3.05, 3.63) is 28.8 Å². The summed E-state index contributed by atoms with van der Waals surface area (Å²) in [6.45, 7) is 3.51. The van der Waals surface area contributed by atoms with E-state index >= 15 is 0 Å². The number of carbonyl (C=O) groups excluding carboxylic acids is 2. The predicted molar refractivity (Wildman–Crippen MR) is 81.9 cm³/mol. The second-order valence-corrected chi connectivity index (χ2v) is 4.99. The van der Waals surface area contributed by atoms with Crippen LogP contribution in [0.1, 0.15) is 12.5 Å². The Morgan fingerprint density at radius 1 is 1.29 bits per heavy atom. The van der Waals surface area contributed by atoms with Crippen LogP contribution in [0.5, 0.6) is 0 Å². The molecule has 1 aromatic carbocycles. The maximum Gasteiger partial charge on any atom is 0.328 e. The van der Waals surface area contributed by atoms with Crippen LogP contribution in [0.25, 0.3) is 0 Å². The van der Waals surface area contributed by atoms with E-state index in [-0.39, 0.29) is 19.1 Å². The van der Waals surface area contributed by atoms with Crippen molar-refractivity contribution in [3.8, 4) is 0 Å². The number of alkyl halides is 1. The summed E-state index contributed by atoms with van der Waals surface area (Å²) in [7, 11) is 0. The molecule has 0 saturated carbocycles. The van der Waals surface area contributed by atoms with Crippen molar-refractivity contribution in [2.45, 2.75) is 19.9 Å². The van der Waals surface area contributed by atoms with Crippen LogP contribution >= 0.6 is 23.2 Å². The number of para-hydroxylation sites is 1. The number of esters is 2. The number of benzene rings is 1. The minimum Gasteiger partial charge on any atom is -0.461 e. The van der Waals surface area contributed by atoms with E-state index < -0.39 is 18.0 Å². The highest BCUT2D eigenvalue weighted by molar-refractivity contribution is 6.33. The maximum absolute atomic E-state index is 11.8. The maximum atomic E-state index is 11.8. The van der Waals surface area contributed by atoms with Gasteiger partial charge in [0.1, 0.15) is 25.1 Å². The van der Waals surface area contributed by atoms with Gasteiger partial charge >= 0.3 is 11.9 Å². The van der Waals surface area contributed by atoms with Crippen molar-refractivity contribution in [3.63, 3.8) is 0 Å². The lowest BCUT2D eigenvalue weighted by molar-refractivity contribution is -0.151. The monoisotopic (exact) mass is 333 g/mol. The number of carbonyl (C=O) groups is 2. The van der Waals surface area contributed by atoms with Crippen LogP contribution in [-0.2, 0) is 19.1 Å². The lowest BCUT2D eigenvalue weighted by atomic mass is 10.2. The van der Waals surface area contributed by atoms with E-state index in [2.05, 4.69) is 10.1 Å². The fraction of sp³-hybridized carbons (Fsp3) is 0.429. The molecule has 1 N–H and O–H groups in total. The summed E-state index contributed by atoms with van der Waals surface area (Å²) < 4.78 is 9.67. The highest BCUT2D eigenvalue weighted by Gasteiger charge is 2.16. The van der Waals surface area contributed by atoms with Crippen molar-refractivity contribution in [2.75, 3.05) is 24.4 Å². The van der Waals surface area contributed by atoms with Crippen molar-refractivity contribution in [1.82, 2.24) is 0 Å². The molecule has 0 spiro atoms. The highest BCUT2D eigenvalue weighted by atomic mass is 35.5. The smallest absolute Gasteiger partial charge is 0.328 e. The van der Waals surface area contributed by atoms with Gasteiger partial charge in [0.25, 0.3) is 0 Å².